The summed E-state index contributed by atoms with van der Waals surface area (Å²) in [6.07, 6.45) is 2.91. The van der Waals surface area contributed by atoms with Crippen molar-refractivity contribution >= 4 is 23.6 Å². The van der Waals surface area contributed by atoms with Gasteiger partial charge in [0, 0.05) is 27.1 Å². The number of urea groups is 1. The molecular formula is C17H28N5O3+. The molecule has 0 bridgehead atoms. The van der Waals surface area contributed by atoms with Crippen LogP contribution in [0.2, 0.25) is 0 Å². The number of amidine groups is 2. The SMILES string of the molecule is CC1CCN(CC2=[N+](CCCO)C3C(=O)N(C)C(=O)N(C)C3=N2)CC1. The molecule has 2 fully saturated rings. The van der Waals surface area contributed by atoms with E-state index in [1.807, 2.05) is 4.58 Å². The summed E-state index contributed by atoms with van der Waals surface area (Å²) in [6.45, 7) is 5.61. The van der Waals surface area contributed by atoms with Gasteiger partial charge in [-0.15, -0.1) is 0 Å². The number of likely N-dealkylation sites (N-methyl/N-ethyl adjacent to an activating group) is 2. The molecule has 0 aromatic heterocycles. The molecular weight excluding hydrogens is 322 g/mol. The predicted molar refractivity (Wildman–Crippen MR) is 93.8 cm³/mol. The van der Waals surface area contributed by atoms with E-state index in [1.54, 1.807) is 7.05 Å². The van der Waals surface area contributed by atoms with Gasteiger partial charge in [0.1, 0.15) is 6.54 Å². The van der Waals surface area contributed by atoms with Crippen LogP contribution in [-0.4, -0.2) is 101 Å². The Labute approximate surface area is 148 Å². The quantitative estimate of drug-likeness (QED) is 0.698. The van der Waals surface area contributed by atoms with Crippen molar-refractivity contribution in [3.63, 3.8) is 0 Å². The molecule has 2 saturated heterocycles. The number of amides is 3. The maximum atomic E-state index is 12.7. The molecule has 25 heavy (non-hydrogen) atoms. The normalized spacial score (nSPS) is 25.8. The second-order valence-electron chi connectivity index (χ2n) is 7.26. The molecule has 1 atom stereocenters. The van der Waals surface area contributed by atoms with Crippen LogP contribution >= 0.6 is 0 Å². The number of carbonyl (C=O) groups is 2. The van der Waals surface area contributed by atoms with Crippen LogP contribution in [0.1, 0.15) is 26.2 Å². The van der Waals surface area contributed by atoms with Gasteiger partial charge in [-0.05, 0) is 36.8 Å². The lowest BCUT2D eigenvalue weighted by Gasteiger charge is -2.31. The highest BCUT2D eigenvalue weighted by molar-refractivity contribution is 6.23. The van der Waals surface area contributed by atoms with Crippen molar-refractivity contribution in [3.8, 4) is 0 Å². The highest BCUT2D eigenvalue weighted by Crippen LogP contribution is 2.21. The van der Waals surface area contributed by atoms with Crippen molar-refractivity contribution in [2.45, 2.75) is 32.2 Å². The zero-order valence-electron chi connectivity index (χ0n) is 15.3. The minimum Gasteiger partial charge on any atom is -0.396 e. The van der Waals surface area contributed by atoms with Crippen LogP contribution in [0.3, 0.4) is 0 Å². The van der Waals surface area contributed by atoms with Gasteiger partial charge in [-0.2, -0.15) is 0 Å². The predicted octanol–water partition coefficient (Wildman–Crippen LogP) is -0.184. The molecule has 0 spiro atoms. The van der Waals surface area contributed by atoms with Crippen molar-refractivity contribution < 1.29 is 19.3 Å². The number of fused-ring (bicyclic) bond motifs is 1. The van der Waals surface area contributed by atoms with Crippen LogP contribution in [0.4, 0.5) is 4.79 Å². The third-order valence-electron chi connectivity index (χ3n) is 5.41. The number of likely N-dealkylation sites (tertiary alicyclic amines) is 1. The molecule has 138 valence electrons. The van der Waals surface area contributed by atoms with Crippen LogP contribution in [0.15, 0.2) is 4.99 Å². The average Bonchev–Trinajstić information content (AvgIpc) is 2.96. The Kier molecular flexibility index (Phi) is 5.19. The first-order valence-corrected chi connectivity index (χ1v) is 9.03. The van der Waals surface area contributed by atoms with Gasteiger partial charge in [-0.25, -0.2) is 9.37 Å². The number of nitrogens with zero attached hydrogens (tertiary/aromatic N) is 5. The Morgan fingerprint density at radius 2 is 1.88 bits per heavy atom. The van der Waals surface area contributed by atoms with E-state index in [4.69, 9.17) is 0 Å². The van der Waals surface area contributed by atoms with Crippen LogP contribution in [0.5, 0.6) is 0 Å². The van der Waals surface area contributed by atoms with Gasteiger partial charge in [-0.1, -0.05) is 6.92 Å². The number of aliphatic hydroxyl groups excluding tert-OH is 1. The summed E-state index contributed by atoms with van der Waals surface area (Å²) in [5.74, 6) is 1.84. The maximum Gasteiger partial charge on any atom is 0.333 e. The summed E-state index contributed by atoms with van der Waals surface area (Å²) in [5.41, 5.74) is 0. The molecule has 3 rings (SSSR count). The molecule has 1 unspecified atom stereocenters. The van der Waals surface area contributed by atoms with Crippen LogP contribution in [0, 0.1) is 5.92 Å². The molecule has 0 aromatic rings. The van der Waals surface area contributed by atoms with Gasteiger partial charge in [-0.3, -0.25) is 19.5 Å². The van der Waals surface area contributed by atoms with Crippen molar-refractivity contribution in [2.75, 3.05) is 46.9 Å². The zero-order chi connectivity index (χ0) is 18.1. The lowest BCUT2D eigenvalue weighted by molar-refractivity contribution is -0.537. The molecule has 8 nitrogen and oxygen atoms in total. The Hall–Kier alpha value is -1.80. The van der Waals surface area contributed by atoms with Gasteiger partial charge in [0.25, 0.3) is 17.8 Å². The first-order valence-electron chi connectivity index (χ1n) is 9.03. The molecule has 3 aliphatic heterocycles. The highest BCUT2D eigenvalue weighted by atomic mass is 16.3. The molecule has 1 N–H and O–H groups in total. The summed E-state index contributed by atoms with van der Waals surface area (Å²) in [7, 11) is 3.17. The molecule has 0 saturated carbocycles. The lowest BCUT2D eigenvalue weighted by atomic mass is 9.99. The molecule has 3 heterocycles. The monoisotopic (exact) mass is 350 g/mol. The minimum absolute atomic E-state index is 0.0614. The van der Waals surface area contributed by atoms with E-state index < -0.39 is 6.04 Å². The number of aliphatic imine (C=N–C) groups is 1. The summed E-state index contributed by atoms with van der Waals surface area (Å²) in [4.78, 5) is 34.5. The standard InChI is InChI=1S/C17H28N5O3/c1-12-5-8-21(9-6-12)11-13-18-15-14(22(13)7-4-10-23)16(24)20(3)17(25)19(15)2/h12,14,23H,4-11H2,1-3H3/q+1. The van der Waals surface area contributed by atoms with Crippen molar-refractivity contribution in [1.82, 2.24) is 14.7 Å². The smallest absolute Gasteiger partial charge is 0.333 e. The molecule has 3 aliphatic rings. The summed E-state index contributed by atoms with van der Waals surface area (Å²) in [6, 6.07) is -0.909. The third kappa shape index (κ3) is 3.32. The molecule has 0 aliphatic carbocycles. The van der Waals surface area contributed by atoms with E-state index >= 15 is 0 Å². The first kappa shape index (κ1) is 18.0. The lowest BCUT2D eigenvalue weighted by Crippen LogP contribution is -2.61. The summed E-state index contributed by atoms with van der Waals surface area (Å²) < 4.78 is 1.96. The summed E-state index contributed by atoms with van der Waals surface area (Å²) >= 11 is 0. The number of carbonyl (C=O) groups excluding carboxylic acids is 2. The Morgan fingerprint density at radius 3 is 2.52 bits per heavy atom. The van der Waals surface area contributed by atoms with E-state index in [1.165, 1.54) is 24.8 Å². The van der Waals surface area contributed by atoms with Gasteiger partial charge in [0.05, 0.1) is 6.54 Å². The van der Waals surface area contributed by atoms with Crippen molar-refractivity contribution in [3.05, 3.63) is 0 Å². The molecule has 8 heteroatoms. The Bertz CT molecular complexity index is 622. The van der Waals surface area contributed by atoms with Crippen molar-refractivity contribution in [1.29, 1.82) is 0 Å². The van der Waals surface area contributed by atoms with Gasteiger partial charge in [0.2, 0.25) is 0 Å². The number of rotatable bonds is 5. The highest BCUT2D eigenvalue weighted by Gasteiger charge is 2.52. The van der Waals surface area contributed by atoms with Gasteiger partial charge in [0.15, 0.2) is 0 Å². The number of imide groups is 1. The van der Waals surface area contributed by atoms with Gasteiger partial charge < -0.3 is 5.11 Å². The molecule has 0 radical (unpaired) electrons. The fraction of sp³-hybridized carbons (Fsp3) is 0.765. The molecule has 0 aromatic carbocycles. The topological polar surface area (TPSA) is 79.5 Å². The third-order valence-corrected chi connectivity index (χ3v) is 5.41. The Morgan fingerprint density at radius 1 is 1.20 bits per heavy atom. The maximum absolute atomic E-state index is 12.7. The second-order valence-corrected chi connectivity index (χ2v) is 7.26. The average molecular weight is 350 g/mol. The number of hydrogen-bond donors (Lipinski definition) is 1. The van der Waals surface area contributed by atoms with Crippen molar-refractivity contribution in [2.24, 2.45) is 10.9 Å². The zero-order valence-corrected chi connectivity index (χ0v) is 15.3. The van der Waals surface area contributed by atoms with Crippen LogP contribution in [-0.2, 0) is 4.79 Å². The van der Waals surface area contributed by atoms with Crippen LogP contribution < -0.4 is 0 Å². The van der Waals surface area contributed by atoms with Gasteiger partial charge >= 0.3 is 11.9 Å². The Balaban J connectivity index is 1.86. The summed E-state index contributed by atoms with van der Waals surface area (Å²) in [5, 5.41) is 9.23. The van der Waals surface area contributed by atoms with E-state index in [2.05, 4.69) is 16.8 Å². The second kappa shape index (κ2) is 7.21. The first-order chi connectivity index (χ1) is 11.9. The minimum atomic E-state index is -0.557. The van der Waals surface area contributed by atoms with E-state index in [-0.39, 0.29) is 18.5 Å². The fourth-order valence-electron chi connectivity index (χ4n) is 3.69. The molecule has 3 amide bonds. The largest absolute Gasteiger partial charge is 0.396 e. The fourth-order valence-corrected chi connectivity index (χ4v) is 3.69. The number of piperidine rings is 1. The number of hydrogen-bond acceptors (Lipinski definition) is 5. The number of aliphatic hydroxyl groups is 1. The van der Waals surface area contributed by atoms with E-state index in [0.717, 1.165) is 29.7 Å². The van der Waals surface area contributed by atoms with E-state index in [9.17, 15) is 14.7 Å². The van der Waals surface area contributed by atoms with Crippen LogP contribution in [0.25, 0.3) is 0 Å². The van der Waals surface area contributed by atoms with E-state index in [0.29, 0.717) is 25.3 Å².